The molecule has 18 atom stereocenters. The molecule has 6 fully saturated rings. The second kappa shape index (κ2) is 12.4. The van der Waals surface area contributed by atoms with Crippen molar-refractivity contribution in [3.8, 4) is 0 Å². The fourth-order valence-electron chi connectivity index (χ4n) is 14.7. The summed E-state index contributed by atoms with van der Waals surface area (Å²) in [6, 6.07) is -1.21. The van der Waals surface area contributed by atoms with E-state index in [-0.39, 0.29) is 22.7 Å². The van der Waals surface area contributed by atoms with Crippen molar-refractivity contribution in [1.82, 2.24) is 0 Å². The van der Waals surface area contributed by atoms with E-state index in [1.165, 1.54) is 51.4 Å². The fraction of sp³-hybridized carbons (Fsp3) is 1.00. The molecular formula is C39H69NO8. The number of ether oxygens (including phenoxy) is 1. The molecule has 0 amide bonds. The Balaban J connectivity index is 1.14. The molecule has 0 aromatic heterocycles. The molecular weight excluding hydrogens is 610 g/mol. The van der Waals surface area contributed by atoms with E-state index in [4.69, 9.17) is 10.5 Å². The predicted octanol–water partition coefficient (Wildman–Crippen LogP) is 3.37. The first-order valence-electron chi connectivity index (χ1n) is 19.4. The number of fused-ring (bicyclic) bond motifs is 7. The largest absolute Gasteiger partial charge is 0.393 e. The average Bonchev–Trinajstić information content (AvgIpc) is 3.46. The van der Waals surface area contributed by atoms with Crippen LogP contribution in [0, 0.1) is 62.6 Å². The van der Waals surface area contributed by atoms with E-state index in [2.05, 4.69) is 41.5 Å². The van der Waals surface area contributed by atoms with Gasteiger partial charge < -0.3 is 46.2 Å². The zero-order valence-corrected chi connectivity index (χ0v) is 30.8. The Hall–Kier alpha value is -0.360. The summed E-state index contributed by atoms with van der Waals surface area (Å²) < 4.78 is 5.60. The van der Waals surface area contributed by atoms with E-state index in [0.29, 0.717) is 28.1 Å². The molecule has 48 heavy (non-hydrogen) atoms. The first-order chi connectivity index (χ1) is 22.2. The number of nitrogens with two attached hydrogens (primary N) is 1. The Bertz CT molecular complexity index is 1190. The lowest BCUT2D eigenvalue weighted by atomic mass is 9.32. The number of hydrogen-bond donors (Lipinski definition) is 8. The third-order valence-electron chi connectivity index (χ3n) is 17.5. The zero-order valence-electron chi connectivity index (χ0n) is 30.8. The topological polar surface area (TPSA) is 177 Å². The van der Waals surface area contributed by atoms with Crippen LogP contribution in [0.25, 0.3) is 0 Å². The van der Waals surface area contributed by atoms with Crippen LogP contribution in [0.5, 0.6) is 0 Å². The summed E-state index contributed by atoms with van der Waals surface area (Å²) in [4.78, 5) is 0. The molecule has 9 heteroatoms. The van der Waals surface area contributed by atoms with Crippen molar-refractivity contribution >= 4 is 0 Å². The van der Waals surface area contributed by atoms with Gasteiger partial charge in [0.1, 0.15) is 36.1 Å². The maximum absolute atomic E-state index is 11.5. The van der Waals surface area contributed by atoms with E-state index in [0.717, 1.165) is 31.1 Å². The Morgan fingerprint density at radius 1 is 0.750 bits per heavy atom. The molecule has 0 saturated heterocycles. The van der Waals surface area contributed by atoms with Gasteiger partial charge in [0.2, 0.25) is 0 Å². The summed E-state index contributed by atoms with van der Waals surface area (Å²) in [5.41, 5.74) is 5.34. The highest BCUT2D eigenvalue weighted by Gasteiger charge is 2.70. The molecule has 6 aliphatic carbocycles. The Kier molecular flexibility index (Phi) is 9.63. The molecule has 0 spiro atoms. The van der Waals surface area contributed by atoms with Crippen molar-refractivity contribution in [3.05, 3.63) is 0 Å². The summed E-state index contributed by atoms with van der Waals surface area (Å²) in [5, 5.41) is 74.2. The first-order valence-corrected chi connectivity index (χ1v) is 19.4. The molecule has 0 radical (unpaired) electrons. The van der Waals surface area contributed by atoms with Gasteiger partial charge in [0.05, 0.1) is 25.4 Å². The molecule has 0 aromatic rings. The second-order valence-electron chi connectivity index (χ2n) is 19.6. The maximum atomic E-state index is 11.5. The molecule has 18 unspecified atom stereocenters. The highest BCUT2D eigenvalue weighted by molar-refractivity contribution is 5.19. The van der Waals surface area contributed by atoms with Crippen LogP contribution in [0.2, 0.25) is 0 Å². The molecule has 278 valence electrons. The molecule has 0 aliphatic heterocycles. The lowest BCUT2D eigenvalue weighted by molar-refractivity contribution is -0.242. The molecule has 0 heterocycles. The number of aliphatic hydroxyl groups is 7. The quantitative estimate of drug-likeness (QED) is 0.191. The highest BCUT2D eigenvalue weighted by Crippen LogP contribution is 2.78. The number of aliphatic hydroxyl groups excluding tert-OH is 6. The van der Waals surface area contributed by atoms with E-state index < -0.39 is 61.5 Å². The average molecular weight is 680 g/mol. The van der Waals surface area contributed by atoms with Gasteiger partial charge in [-0.05, 0) is 127 Å². The molecule has 9 nitrogen and oxygen atoms in total. The SMILES string of the molecule is CC(C(O)C(O)C(O)COC1C(N)C(O)C(O)C1(O)CO)C1CCC2(C)C1CCC1(C)C2CCC2C3(C)CCCC(C)(C)C3CCC21C. The normalized spacial score (nSPS) is 53.9. The Morgan fingerprint density at radius 2 is 1.35 bits per heavy atom. The molecule has 9 N–H and O–H groups in total. The smallest absolute Gasteiger partial charge is 0.144 e. The number of rotatable bonds is 8. The van der Waals surface area contributed by atoms with E-state index in [1.807, 2.05) is 6.92 Å². The Labute approximate surface area is 289 Å². The molecule has 6 saturated carbocycles. The second-order valence-corrected chi connectivity index (χ2v) is 19.6. The van der Waals surface area contributed by atoms with Crippen LogP contribution in [-0.2, 0) is 4.74 Å². The lowest BCUT2D eigenvalue weighted by Gasteiger charge is -2.73. The van der Waals surface area contributed by atoms with E-state index >= 15 is 0 Å². The van der Waals surface area contributed by atoms with Gasteiger partial charge in [-0.3, -0.25) is 0 Å². The van der Waals surface area contributed by atoms with Crippen LogP contribution in [0.4, 0.5) is 0 Å². The monoisotopic (exact) mass is 680 g/mol. The third kappa shape index (κ3) is 5.09. The number of hydrogen-bond acceptors (Lipinski definition) is 9. The maximum Gasteiger partial charge on any atom is 0.144 e. The van der Waals surface area contributed by atoms with Gasteiger partial charge in [-0.1, -0.05) is 54.9 Å². The van der Waals surface area contributed by atoms with Crippen LogP contribution in [0.1, 0.15) is 119 Å². The van der Waals surface area contributed by atoms with Gasteiger partial charge in [-0.2, -0.15) is 0 Å². The third-order valence-corrected chi connectivity index (χ3v) is 17.5. The van der Waals surface area contributed by atoms with Crippen molar-refractivity contribution in [2.45, 2.75) is 167 Å². The molecule has 0 aromatic carbocycles. The Morgan fingerprint density at radius 3 is 1.98 bits per heavy atom. The fourth-order valence-corrected chi connectivity index (χ4v) is 14.7. The minimum atomic E-state index is -2.21. The lowest BCUT2D eigenvalue weighted by Crippen LogP contribution is -2.65. The van der Waals surface area contributed by atoms with Crippen LogP contribution in [0.3, 0.4) is 0 Å². The first kappa shape index (κ1) is 37.4. The van der Waals surface area contributed by atoms with Gasteiger partial charge >= 0.3 is 0 Å². The van der Waals surface area contributed by atoms with Gasteiger partial charge in [0.15, 0.2) is 0 Å². The summed E-state index contributed by atoms with van der Waals surface area (Å²) in [7, 11) is 0. The van der Waals surface area contributed by atoms with Crippen molar-refractivity contribution in [3.63, 3.8) is 0 Å². The van der Waals surface area contributed by atoms with Gasteiger partial charge in [-0.15, -0.1) is 0 Å². The van der Waals surface area contributed by atoms with Crippen molar-refractivity contribution < 1.29 is 40.5 Å². The highest BCUT2D eigenvalue weighted by atomic mass is 16.5. The summed E-state index contributed by atoms with van der Waals surface area (Å²) >= 11 is 0. The van der Waals surface area contributed by atoms with Gasteiger partial charge in [-0.25, -0.2) is 0 Å². The zero-order chi connectivity index (χ0) is 35.4. The van der Waals surface area contributed by atoms with Crippen molar-refractivity contribution in [2.75, 3.05) is 13.2 Å². The predicted molar refractivity (Wildman–Crippen MR) is 183 cm³/mol. The van der Waals surface area contributed by atoms with Crippen LogP contribution < -0.4 is 5.73 Å². The van der Waals surface area contributed by atoms with Gasteiger partial charge in [0.25, 0.3) is 0 Å². The van der Waals surface area contributed by atoms with Crippen LogP contribution >= 0.6 is 0 Å². The van der Waals surface area contributed by atoms with Crippen molar-refractivity contribution in [1.29, 1.82) is 0 Å². The minimum absolute atomic E-state index is 0.172. The van der Waals surface area contributed by atoms with E-state index in [1.54, 1.807) is 0 Å². The van der Waals surface area contributed by atoms with E-state index in [9.17, 15) is 35.7 Å². The van der Waals surface area contributed by atoms with Crippen LogP contribution in [-0.4, -0.2) is 97.2 Å². The molecule has 6 aliphatic rings. The summed E-state index contributed by atoms with van der Waals surface area (Å²) in [6.45, 7) is 16.2. The van der Waals surface area contributed by atoms with Crippen molar-refractivity contribution in [2.24, 2.45) is 68.3 Å². The summed E-state index contributed by atoms with van der Waals surface area (Å²) in [5.74, 6) is 2.63. The van der Waals surface area contributed by atoms with Gasteiger partial charge in [0, 0.05) is 0 Å². The van der Waals surface area contributed by atoms with Crippen LogP contribution in [0.15, 0.2) is 0 Å². The minimum Gasteiger partial charge on any atom is -0.393 e. The standard InChI is InChI=1S/C39H69NO8/c1-21(29(43)30(44)24(42)19-48-33-28(40)31(45)32(46)39(33,47)20-41)22-11-16-35(4)23(22)12-17-37(6)26(35)9-10-27-36(5)15-8-14-34(2,3)25(36)13-18-38(27,37)7/h21-33,41-47H,8-20,40H2,1-7H3. The molecule has 6 rings (SSSR count). The summed E-state index contributed by atoms with van der Waals surface area (Å²) in [6.07, 6.45) is 5.03. The molecule has 0 bridgehead atoms.